The first kappa shape index (κ1) is 42.9. The lowest BCUT2D eigenvalue weighted by atomic mass is 10.1. The summed E-state index contributed by atoms with van der Waals surface area (Å²) in [6.07, 6.45) is 0. The summed E-state index contributed by atoms with van der Waals surface area (Å²) in [6.45, 7) is 0. The molecular weight excluding hydrogens is 799 g/mol. The number of carbonyl (C=O) groups excluding carboxylic acids is 2. The molecule has 0 N–H and O–H groups in total. The van der Waals surface area contributed by atoms with E-state index in [9.17, 15) is 19.8 Å². The van der Waals surface area contributed by atoms with Crippen LogP contribution in [0.4, 0.5) is 0 Å². The molecule has 0 aliphatic carbocycles. The highest BCUT2D eigenvalue weighted by atomic mass is 31.2. The maximum atomic E-state index is 10.3. The Labute approximate surface area is 365 Å². The van der Waals surface area contributed by atoms with Gasteiger partial charge in [-0.1, -0.05) is 170 Å². The molecule has 6 heteroatoms. The van der Waals surface area contributed by atoms with E-state index in [1.165, 1.54) is 54.6 Å². The van der Waals surface area contributed by atoms with E-state index >= 15 is 0 Å². The molecule has 0 aliphatic heterocycles. The summed E-state index contributed by atoms with van der Waals surface area (Å²) in [6, 6.07) is 92.8. The van der Waals surface area contributed by atoms with Crippen LogP contribution < -0.4 is 52.6 Å². The first-order chi connectivity index (χ1) is 30.5. The zero-order chi connectivity index (χ0) is 43.0. The van der Waals surface area contributed by atoms with E-state index in [2.05, 4.69) is 243 Å². The van der Waals surface area contributed by atoms with E-state index in [0.717, 1.165) is 12.1 Å². The number of hydrogen-bond donors (Lipinski definition) is 0. The van der Waals surface area contributed by atoms with Crippen LogP contribution in [0.1, 0.15) is 20.7 Å². The average molecular weight is 843 g/mol. The molecule has 0 fully saturated rings. The molecule has 0 saturated carbocycles. The summed E-state index contributed by atoms with van der Waals surface area (Å²) in [4.78, 5) is 20.6. The van der Waals surface area contributed by atoms with Crippen LogP contribution in [0.2, 0.25) is 0 Å². The number of benzene rings is 9. The van der Waals surface area contributed by atoms with Gasteiger partial charge in [-0.15, -0.1) is 0 Å². The lowest BCUT2D eigenvalue weighted by Crippen LogP contribution is -2.38. The fourth-order valence-electron chi connectivity index (χ4n) is 7.84. The highest BCUT2D eigenvalue weighted by molar-refractivity contribution is 8.02. The molecule has 9 rings (SSSR count). The van der Waals surface area contributed by atoms with E-state index in [0.29, 0.717) is 0 Å². The van der Waals surface area contributed by atoms with Crippen LogP contribution >= 0.6 is 14.5 Å². The van der Waals surface area contributed by atoms with Crippen molar-refractivity contribution in [3.05, 3.63) is 278 Å². The summed E-state index contributed by atoms with van der Waals surface area (Å²) in [5.74, 6) is -3.04. The summed E-state index contributed by atoms with van der Waals surface area (Å²) < 4.78 is 0. The SMILES string of the molecule is O=C([O-])c1ccccc1C(=O)[O-].c1ccc([P+](c2ccccc2)(c2ccccc2)c2ccccc2)cc1.c1ccc([P+](c2ccccc2)(c2ccccc2)c2ccccc2)cc1. The molecule has 4 nitrogen and oxygen atoms in total. The molecular formula is C56H44O4P2. The topological polar surface area (TPSA) is 80.3 Å². The number of hydrogen-bond acceptors (Lipinski definition) is 4. The van der Waals surface area contributed by atoms with Crippen LogP contribution in [0.3, 0.4) is 0 Å². The molecule has 0 atom stereocenters. The van der Waals surface area contributed by atoms with Crippen molar-refractivity contribution in [1.82, 2.24) is 0 Å². The fraction of sp³-hybridized carbons (Fsp3) is 0. The highest BCUT2D eigenvalue weighted by Gasteiger charge is 2.48. The minimum absolute atomic E-state index is 0.363. The second-order valence-corrected chi connectivity index (χ2v) is 21.0. The van der Waals surface area contributed by atoms with Crippen molar-refractivity contribution in [2.75, 3.05) is 0 Å². The highest BCUT2D eigenvalue weighted by Crippen LogP contribution is 2.55. The lowest BCUT2D eigenvalue weighted by Gasteiger charge is -2.27. The van der Waals surface area contributed by atoms with Crippen molar-refractivity contribution in [2.45, 2.75) is 0 Å². The van der Waals surface area contributed by atoms with Crippen molar-refractivity contribution in [2.24, 2.45) is 0 Å². The molecule has 0 amide bonds. The third-order valence-electron chi connectivity index (χ3n) is 10.5. The number of carbonyl (C=O) groups is 2. The van der Waals surface area contributed by atoms with Crippen LogP contribution in [-0.4, -0.2) is 11.9 Å². The van der Waals surface area contributed by atoms with Crippen LogP contribution in [-0.2, 0) is 0 Å². The molecule has 0 bridgehead atoms. The quantitative estimate of drug-likeness (QED) is 0.139. The van der Waals surface area contributed by atoms with Gasteiger partial charge < -0.3 is 19.8 Å². The Balaban J connectivity index is 0.000000149. The molecule has 9 aromatic carbocycles. The Morgan fingerprint density at radius 1 is 0.226 bits per heavy atom. The molecule has 0 spiro atoms. The van der Waals surface area contributed by atoms with Gasteiger partial charge in [0.1, 0.15) is 57.0 Å². The summed E-state index contributed by atoms with van der Waals surface area (Å²) in [5, 5.41) is 31.7. The zero-order valence-electron chi connectivity index (χ0n) is 33.9. The van der Waals surface area contributed by atoms with Crippen LogP contribution in [0.15, 0.2) is 267 Å². The minimum Gasteiger partial charge on any atom is -0.545 e. The van der Waals surface area contributed by atoms with Crippen molar-refractivity contribution in [1.29, 1.82) is 0 Å². The molecule has 62 heavy (non-hydrogen) atoms. The van der Waals surface area contributed by atoms with Crippen LogP contribution in [0.25, 0.3) is 0 Å². The lowest BCUT2D eigenvalue weighted by molar-refractivity contribution is -0.259. The average Bonchev–Trinajstić information content (AvgIpc) is 3.35. The Morgan fingerprint density at radius 3 is 0.484 bits per heavy atom. The zero-order valence-corrected chi connectivity index (χ0v) is 35.7. The van der Waals surface area contributed by atoms with Gasteiger partial charge in [0.05, 0.1) is 11.9 Å². The molecule has 0 saturated heterocycles. The van der Waals surface area contributed by atoms with E-state index < -0.39 is 26.5 Å². The Bertz CT molecular complexity index is 2240. The van der Waals surface area contributed by atoms with Crippen LogP contribution in [0, 0.1) is 0 Å². The molecule has 0 unspecified atom stereocenters. The van der Waals surface area contributed by atoms with Gasteiger partial charge in [0.25, 0.3) is 0 Å². The largest absolute Gasteiger partial charge is 0.545 e. The molecule has 9 aromatic rings. The molecule has 0 heterocycles. The van der Waals surface area contributed by atoms with Gasteiger partial charge in [0, 0.05) is 11.1 Å². The fourth-order valence-corrected chi connectivity index (χ4v) is 16.4. The summed E-state index contributed by atoms with van der Waals surface area (Å²) in [5.41, 5.74) is -0.727. The van der Waals surface area contributed by atoms with E-state index in [-0.39, 0.29) is 11.1 Å². The number of aromatic carboxylic acids is 2. The second-order valence-electron chi connectivity index (χ2n) is 14.1. The molecule has 302 valence electrons. The van der Waals surface area contributed by atoms with Gasteiger partial charge in [-0.2, -0.15) is 0 Å². The Morgan fingerprint density at radius 2 is 0.355 bits per heavy atom. The van der Waals surface area contributed by atoms with Crippen molar-refractivity contribution in [3.63, 3.8) is 0 Å². The summed E-state index contributed by atoms with van der Waals surface area (Å²) >= 11 is 0. The Kier molecular flexibility index (Phi) is 14.4. The van der Waals surface area contributed by atoms with Gasteiger partial charge in [0.2, 0.25) is 0 Å². The van der Waals surface area contributed by atoms with Gasteiger partial charge >= 0.3 is 0 Å². The smallest absolute Gasteiger partial charge is 0.144 e. The predicted octanol–water partition coefficient (Wildman–Crippen LogP) is 7.03. The van der Waals surface area contributed by atoms with E-state index in [4.69, 9.17) is 0 Å². The standard InChI is InChI=1S/2C24H20P.C8H6O4/c2*1-5-13-21(14-6-1)25(22-15-7-2-8-16-22,23-17-9-3-10-18-23)24-19-11-4-12-20-24;9-7(10)5-3-1-2-4-6(5)8(11)12/h2*1-20H;1-4H,(H,9,10)(H,11,12)/q2*+1;/p-2. The Hall–Kier alpha value is -7.22. The maximum Gasteiger partial charge on any atom is 0.144 e. The van der Waals surface area contributed by atoms with Gasteiger partial charge in [-0.05, 0) is 97.1 Å². The van der Waals surface area contributed by atoms with Crippen molar-refractivity contribution in [3.8, 4) is 0 Å². The van der Waals surface area contributed by atoms with Crippen molar-refractivity contribution >= 4 is 68.9 Å². The minimum atomic E-state index is -1.91. The predicted molar refractivity (Wildman–Crippen MR) is 258 cm³/mol. The maximum absolute atomic E-state index is 10.3. The molecule has 0 aliphatic rings. The van der Waals surface area contributed by atoms with Gasteiger partial charge in [0.15, 0.2) is 0 Å². The number of rotatable bonds is 10. The molecule has 0 radical (unpaired) electrons. The van der Waals surface area contributed by atoms with E-state index in [1.54, 1.807) is 0 Å². The summed E-state index contributed by atoms with van der Waals surface area (Å²) in [7, 11) is -3.81. The van der Waals surface area contributed by atoms with E-state index in [1.807, 2.05) is 0 Å². The van der Waals surface area contributed by atoms with Crippen LogP contribution in [0.5, 0.6) is 0 Å². The third-order valence-corrected chi connectivity index (χ3v) is 19.1. The van der Waals surface area contributed by atoms with Gasteiger partial charge in [-0.3, -0.25) is 0 Å². The number of carboxylic acids is 2. The first-order valence-corrected chi connectivity index (χ1v) is 23.8. The normalized spacial score (nSPS) is 10.8. The second kappa shape index (κ2) is 20.8. The third kappa shape index (κ3) is 9.24. The monoisotopic (exact) mass is 842 g/mol. The number of carboxylic acid groups (broad SMARTS) is 2. The molecule has 0 aromatic heterocycles. The van der Waals surface area contributed by atoms with Gasteiger partial charge in [-0.25, -0.2) is 0 Å². The van der Waals surface area contributed by atoms with Crippen molar-refractivity contribution < 1.29 is 19.8 Å². The first-order valence-electron chi connectivity index (χ1n) is 20.2.